The number of nitrogens with zero attached hydrogens (tertiary/aromatic N) is 2. The van der Waals surface area contributed by atoms with Crippen LogP contribution in [-0.2, 0) is 9.53 Å². The van der Waals surface area contributed by atoms with Crippen LogP contribution < -0.4 is 0 Å². The third kappa shape index (κ3) is 3.48. The Morgan fingerprint density at radius 2 is 2.04 bits per heavy atom. The van der Waals surface area contributed by atoms with E-state index >= 15 is 0 Å². The van der Waals surface area contributed by atoms with Gasteiger partial charge in [-0.1, -0.05) is 18.2 Å². The zero-order chi connectivity index (χ0) is 16.9. The van der Waals surface area contributed by atoms with Gasteiger partial charge in [0.05, 0.1) is 13.3 Å². The molecule has 1 amide bonds. The molecule has 0 spiro atoms. The number of aromatic amines is 1. The quantitative estimate of drug-likeness (QED) is 0.876. The van der Waals surface area contributed by atoms with Crippen LogP contribution in [0.1, 0.15) is 29.6 Å². The first-order valence-electron chi connectivity index (χ1n) is 8.13. The van der Waals surface area contributed by atoms with Gasteiger partial charge in [-0.2, -0.15) is 5.10 Å². The molecule has 1 aliphatic rings. The van der Waals surface area contributed by atoms with Gasteiger partial charge in [-0.3, -0.25) is 14.7 Å². The highest BCUT2D eigenvalue weighted by Crippen LogP contribution is 2.26. The number of carbonyl (C=O) groups is 2. The number of likely N-dealkylation sites (tertiary alicyclic amines) is 1. The fourth-order valence-corrected chi connectivity index (χ4v) is 3.15. The van der Waals surface area contributed by atoms with Crippen LogP contribution in [0.2, 0.25) is 0 Å². The Hall–Kier alpha value is -2.63. The second-order valence-electron chi connectivity index (χ2n) is 6.05. The smallest absolute Gasteiger partial charge is 0.305 e. The second-order valence-corrected chi connectivity index (χ2v) is 6.05. The van der Waals surface area contributed by atoms with Gasteiger partial charge in [0.15, 0.2) is 0 Å². The molecule has 126 valence electrons. The highest BCUT2D eigenvalue weighted by molar-refractivity contribution is 6.00. The topological polar surface area (TPSA) is 75.3 Å². The number of H-pyrrole nitrogens is 1. The van der Waals surface area contributed by atoms with Crippen molar-refractivity contribution in [2.75, 3.05) is 20.2 Å². The van der Waals surface area contributed by atoms with Gasteiger partial charge in [0.1, 0.15) is 0 Å². The van der Waals surface area contributed by atoms with E-state index in [1.165, 1.54) is 7.11 Å². The SMILES string of the molecule is COC(=O)CC1CCN(C(=O)c2ccccc2-c2cn[nH]c2)CC1. The van der Waals surface area contributed by atoms with Crippen molar-refractivity contribution in [2.24, 2.45) is 5.92 Å². The van der Waals surface area contributed by atoms with Crippen molar-refractivity contribution >= 4 is 11.9 Å². The molecule has 1 aromatic heterocycles. The Balaban J connectivity index is 1.69. The zero-order valence-corrected chi connectivity index (χ0v) is 13.7. The summed E-state index contributed by atoms with van der Waals surface area (Å²) in [6, 6.07) is 7.58. The van der Waals surface area contributed by atoms with Crippen LogP contribution in [0, 0.1) is 5.92 Å². The van der Waals surface area contributed by atoms with Crippen LogP contribution >= 0.6 is 0 Å². The Kier molecular flexibility index (Phi) is 4.93. The Morgan fingerprint density at radius 3 is 2.71 bits per heavy atom. The van der Waals surface area contributed by atoms with Crippen molar-refractivity contribution in [1.82, 2.24) is 15.1 Å². The summed E-state index contributed by atoms with van der Waals surface area (Å²) in [4.78, 5) is 26.2. The van der Waals surface area contributed by atoms with Crippen LogP contribution in [-0.4, -0.2) is 47.2 Å². The number of piperidine rings is 1. The fourth-order valence-electron chi connectivity index (χ4n) is 3.15. The maximum atomic E-state index is 12.9. The number of hydrogen-bond acceptors (Lipinski definition) is 4. The molecular weight excluding hydrogens is 306 g/mol. The number of benzene rings is 1. The number of amides is 1. The minimum absolute atomic E-state index is 0.0309. The van der Waals surface area contributed by atoms with Gasteiger partial charge in [-0.25, -0.2) is 0 Å². The minimum atomic E-state index is -0.176. The highest BCUT2D eigenvalue weighted by Gasteiger charge is 2.26. The molecule has 2 aromatic rings. The number of hydrogen-bond donors (Lipinski definition) is 1. The molecule has 1 aromatic carbocycles. The first-order chi connectivity index (χ1) is 11.7. The molecule has 6 nitrogen and oxygen atoms in total. The number of nitrogens with one attached hydrogen (secondary N) is 1. The van der Waals surface area contributed by atoms with Gasteiger partial charge in [0.2, 0.25) is 0 Å². The molecule has 2 heterocycles. The summed E-state index contributed by atoms with van der Waals surface area (Å²) in [5.74, 6) is 0.152. The van der Waals surface area contributed by atoms with E-state index in [-0.39, 0.29) is 11.9 Å². The van der Waals surface area contributed by atoms with Crippen LogP contribution in [0.4, 0.5) is 0 Å². The van der Waals surface area contributed by atoms with Crippen LogP contribution in [0.15, 0.2) is 36.7 Å². The Morgan fingerprint density at radius 1 is 1.29 bits per heavy atom. The van der Waals surface area contributed by atoms with E-state index in [1.807, 2.05) is 29.2 Å². The van der Waals surface area contributed by atoms with Gasteiger partial charge in [0, 0.05) is 36.8 Å². The molecular formula is C18H21N3O3. The first-order valence-corrected chi connectivity index (χ1v) is 8.13. The summed E-state index contributed by atoms with van der Waals surface area (Å²) in [5.41, 5.74) is 2.47. The van der Waals surface area contributed by atoms with E-state index in [4.69, 9.17) is 4.74 Å². The van der Waals surface area contributed by atoms with Gasteiger partial charge >= 0.3 is 5.97 Å². The van der Waals surface area contributed by atoms with Gasteiger partial charge < -0.3 is 9.64 Å². The third-order valence-corrected chi connectivity index (χ3v) is 4.55. The fraction of sp³-hybridized carbons (Fsp3) is 0.389. The summed E-state index contributed by atoms with van der Waals surface area (Å²) in [6.07, 6.45) is 5.59. The summed E-state index contributed by atoms with van der Waals surface area (Å²) in [6.45, 7) is 1.33. The number of carbonyl (C=O) groups excluding carboxylic acids is 2. The van der Waals surface area contributed by atoms with Crippen LogP contribution in [0.25, 0.3) is 11.1 Å². The molecule has 1 fully saturated rings. The van der Waals surface area contributed by atoms with Crippen molar-refractivity contribution in [2.45, 2.75) is 19.3 Å². The Labute approximate surface area is 140 Å². The molecule has 3 rings (SSSR count). The maximum Gasteiger partial charge on any atom is 0.305 e. The summed E-state index contributed by atoms with van der Waals surface area (Å²) in [7, 11) is 1.41. The second kappa shape index (κ2) is 7.29. The molecule has 0 saturated carbocycles. The summed E-state index contributed by atoms with van der Waals surface area (Å²) in [5, 5.41) is 6.75. The Bertz CT molecular complexity index is 704. The molecule has 1 aliphatic heterocycles. The van der Waals surface area contributed by atoms with E-state index in [2.05, 4.69) is 10.2 Å². The monoisotopic (exact) mass is 327 g/mol. The summed E-state index contributed by atoms with van der Waals surface area (Å²) >= 11 is 0. The van der Waals surface area contributed by atoms with E-state index in [0.29, 0.717) is 31.0 Å². The maximum absolute atomic E-state index is 12.9. The predicted octanol–water partition coefficient (Wildman–Crippen LogP) is 2.49. The molecule has 0 bridgehead atoms. The van der Waals surface area contributed by atoms with Crippen LogP contribution in [0.5, 0.6) is 0 Å². The molecule has 0 atom stereocenters. The minimum Gasteiger partial charge on any atom is -0.469 e. The summed E-state index contributed by atoms with van der Waals surface area (Å²) < 4.78 is 4.73. The average molecular weight is 327 g/mol. The van der Waals surface area contributed by atoms with Gasteiger partial charge in [-0.15, -0.1) is 0 Å². The molecule has 0 aliphatic carbocycles. The molecule has 24 heavy (non-hydrogen) atoms. The largest absolute Gasteiger partial charge is 0.469 e. The van der Waals surface area contributed by atoms with Crippen LogP contribution in [0.3, 0.4) is 0 Å². The highest BCUT2D eigenvalue weighted by atomic mass is 16.5. The van der Waals surface area contributed by atoms with Crippen molar-refractivity contribution in [3.05, 3.63) is 42.2 Å². The standard InChI is InChI=1S/C18H21N3O3/c1-24-17(22)10-13-6-8-21(9-7-13)18(23)16-5-3-2-4-15(16)14-11-19-20-12-14/h2-5,11-13H,6-10H2,1H3,(H,19,20). The number of methoxy groups -OCH3 is 1. The lowest BCUT2D eigenvalue weighted by Crippen LogP contribution is -2.39. The normalized spacial score (nSPS) is 15.3. The molecule has 1 saturated heterocycles. The van der Waals surface area contributed by atoms with Crippen molar-refractivity contribution in [3.63, 3.8) is 0 Å². The van der Waals surface area contributed by atoms with E-state index in [0.717, 1.165) is 24.0 Å². The number of ether oxygens (including phenoxy) is 1. The average Bonchev–Trinajstić information content (AvgIpc) is 3.16. The van der Waals surface area contributed by atoms with E-state index in [9.17, 15) is 9.59 Å². The van der Waals surface area contributed by atoms with Crippen molar-refractivity contribution in [1.29, 1.82) is 0 Å². The number of aromatic nitrogens is 2. The molecule has 1 N–H and O–H groups in total. The lowest BCUT2D eigenvalue weighted by atomic mass is 9.92. The van der Waals surface area contributed by atoms with Gasteiger partial charge in [-0.05, 0) is 30.4 Å². The predicted molar refractivity (Wildman–Crippen MR) is 89.3 cm³/mol. The lowest BCUT2D eigenvalue weighted by Gasteiger charge is -2.32. The van der Waals surface area contributed by atoms with Crippen molar-refractivity contribution in [3.8, 4) is 11.1 Å². The number of rotatable bonds is 4. The first kappa shape index (κ1) is 16.2. The zero-order valence-electron chi connectivity index (χ0n) is 13.7. The lowest BCUT2D eigenvalue weighted by molar-refractivity contribution is -0.142. The van der Waals surface area contributed by atoms with E-state index < -0.39 is 0 Å². The molecule has 0 radical (unpaired) electrons. The third-order valence-electron chi connectivity index (χ3n) is 4.55. The molecule has 0 unspecified atom stereocenters. The number of esters is 1. The van der Waals surface area contributed by atoms with Gasteiger partial charge in [0.25, 0.3) is 5.91 Å². The molecule has 6 heteroatoms. The van der Waals surface area contributed by atoms with E-state index in [1.54, 1.807) is 12.4 Å². The van der Waals surface area contributed by atoms with Crippen molar-refractivity contribution < 1.29 is 14.3 Å².